The summed E-state index contributed by atoms with van der Waals surface area (Å²) in [6.45, 7) is 1.73. The number of piperidine rings is 1. The number of nitrogens with one attached hydrogen (secondary N) is 2. The van der Waals surface area contributed by atoms with Crippen LogP contribution < -0.4 is 15.4 Å². The molecule has 10 nitrogen and oxygen atoms in total. The standard InChI is InChI=1S/C31H43F3N6O4S/c1-39-15-12-20(13-16-39)28(41)36-22-9-11-25(26(17-22)44-3)38-29-35-19-23(31(32,33)34)24(37-29)10-8-21-18-30(21)14-6-5-7-27(30)40(2)45(4,42)43/h9,11,17,19-21,27H,5-8,10,12-16,18H2,1-4H3,(H,36,41)(H,35,37,38)/t21-,27-,30+/m1/s1. The number of nitrogens with zero attached hydrogens (tertiary/aromatic N) is 4. The van der Waals surface area contributed by atoms with E-state index in [4.69, 9.17) is 4.74 Å². The predicted molar refractivity (Wildman–Crippen MR) is 166 cm³/mol. The maximum absolute atomic E-state index is 14.0. The zero-order valence-corrected chi connectivity index (χ0v) is 27.1. The van der Waals surface area contributed by atoms with Crippen LogP contribution in [0, 0.1) is 17.3 Å². The maximum atomic E-state index is 14.0. The molecule has 2 aromatic rings. The van der Waals surface area contributed by atoms with Gasteiger partial charge in [-0.15, -0.1) is 0 Å². The summed E-state index contributed by atoms with van der Waals surface area (Å²) in [7, 11) is 1.72. The number of carbonyl (C=O) groups is 1. The van der Waals surface area contributed by atoms with Crippen LogP contribution in [0.15, 0.2) is 24.4 Å². The molecule has 1 aromatic carbocycles. The van der Waals surface area contributed by atoms with Crippen molar-refractivity contribution in [1.82, 2.24) is 19.2 Å². The number of likely N-dealkylation sites (tertiary alicyclic amines) is 1. The molecule has 2 heterocycles. The highest BCUT2D eigenvalue weighted by Crippen LogP contribution is 2.64. The van der Waals surface area contributed by atoms with Gasteiger partial charge in [-0.25, -0.2) is 22.7 Å². The number of alkyl halides is 3. The van der Waals surface area contributed by atoms with Gasteiger partial charge in [0, 0.05) is 37.0 Å². The second kappa shape index (κ2) is 13.0. The zero-order chi connectivity index (χ0) is 32.6. The lowest BCUT2D eigenvalue weighted by Crippen LogP contribution is -2.45. The molecule has 3 aliphatic rings. The van der Waals surface area contributed by atoms with E-state index in [9.17, 15) is 26.4 Å². The number of rotatable bonds is 10. The monoisotopic (exact) mass is 652 g/mol. The van der Waals surface area contributed by atoms with Crippen LogP contribution in [0.4, 0.5) is 30.5 Å². The Morgan fingerprint density at radius 1 is 1.20 bits per heavy atom. The summed E-state index contributed by atoms with van der Waals surface area (Å²) in [6.07, 6.45) is 3.88. The molecule has 1 aliphatic heterocycles. The largest absolute Gasteiger partial charge is 0.494 e. The molecule has 1 amide bonds. The minimum Gasteiger partial charge on any atom is -0.494 e. The van der Waals surface area contributed by atoms with Crippen LogP contribution in [0.1, 0.15) is 62.6 Å². The Kier molecular flexibility index (Phi) is 9.67. The molecule has 1 aromatic heterocycles. The summed E-state index contributed by atoms with van der Waals surface area (Å²) >= 11 is 0. The van der Waals surface area contributed by atoms with Crippen LogP contribution in [0.25, 0.3) is 0 Å². The van der Waals surface area contributed by atoms with Gasteiger partial charge in [-0.05, 0) is 88.5 Å². The Morgan fingerprint density at radius 2 is 1.93 bits per heavy atom. The minimum atomic E-state index is -4.62. The number of amides is 1. The van der Waals surface area contributed by atoms with E-state index in [0.29, 0.717) is 23.5 Å². The Balaban J connectivity index is 1.29. The summed E-state index contributed by atoms with van der Waals surface area (Å²) in [6, 6.07) is 4.88. The summed E-state index contributed by atoms with van der Waals surface area (Å²) in [5.74, 6) is 0.370. The molecule has 0 unspecified atom stereocenters. The van der Waals surface area contributed by atoms with Crippen molar-refractivity contribution in [2.75, 3.05) is 51.2 Å². The molecule has 248 valence electrons. The molecule has 2 N–H and O–H groups in total. The van der Waals surface area contributed by atoms with Crippen molar-refractivity contribution >= 4 is 33.3 Å². The van der Waals surface area contributed by atoms with Gasteiger partial charge >= 0.3 is 6.18 Å². The number of benzene rings is 1. The maximum Gasteiger partial charge on any atom is 0.419 e. The third-order valence-corrected chi connectivity index (χ3v) is 11.3. The van der Waals surface area contributed by atoms with Gasteiger partial charge < -0.3 is 20.3 Å². The van der Waals surface area contributed by atoms with Crippen LogP contribution in [0.3, 0.4) is 0 Å². The number of aromatic nitrogens is 2. The van der Waals surface area contributed by atoms with E-state index in [-0.39, 0.29) is 47.3 Å². The van der Waals surface area contributed by atoms with Crippen molar-refractivity contribution in [3.8, 4) is 5.75 Å². The first-order valence-electron chi connectivity index (χ1n) is 15.5. The van der Waals surface area contributed by atoms with Gasteiger partial charge in [0.1, 0.15) is 5.75 Å². The first-order chi connectivity index (χ1) is 21.2. The van der Waals surface area contributed by atoms with Crippen molar-refractivity contribution in [3.05, 3.63) is 35.7 Å². The van der Waals surface area contributed by atoms with Crippen LogP contribution in [-0.2, 0) is 27.4 Å². The van der Waals surface area contributed by atoms with Crippen LogP contribution in [0.2, 0.25) is 0 Å². The molecule has 2 aliphatic carbocycles. The lowest BCUT2D eigenvalue weighted by molar-refractivity contribution is -0.138. The number of hydrogen-bond acceptors (Lipinski definition) is 8. The van der Waals surface area contributed by atoms with E-state index in [2.05, 4.69) is 25.5 Å². The van der Waals surface area contributed by atoms with E-state index >= 15 is 0 Å². The number of halogens is 3. The van der Waals surface area contributed by atoms with Crippen molar-refractivity contribution in [2.45, 2.75) is 70.0 Å². The van der Waals surface area contributed by atoms with Gasteiger partial charge in [0.05, 0.1) is 30.3 Å². The van der Waals surface area contributed by atoms with Gasteiger partial charge in [-0.1, -0.05) is 12.8 Å². The average molecular weight is 653 g/mol. The van der Waals surface area contributed by atoms with Crippen molar-refractivity contribution < 1.29 is 31.1 Å². The summed E-state index contributed by atoms with van der Waals surface area (Å²) in [4.78, 5) is 23.2. The highest BCUT2D eigenvalue weighted by molar-refractivity contribution is 7.88. The third-order valence-electron chi connectivity index (χ3n) is 9.98. The van der Waals surface area contributed by atoms with Crippen LogP contribution in [0.5, 0.6) is 5.75 Å². The molecule has 3 atom stereocenters. The number of carbonyl (C=O) groups excluding carboxylic acids is 1. The van der Waals surface area contributed by atoms with Crippen molar-refractivity contribution in [1.29, 1.82) is 0 Å². The fraction of sp³-hybridized carbons (Fsp3) is 0.645. The topological polar surface area (TPSA) is 117 Å². The Morgan fingerprint density at radius 3 is 2.60 bits per heavy atom. The molecule has 14 heteroatoms. The van der Waals surface area contributed by atoms with Crippen molar-refractivity contribution in [2.24, 2.45) is 17.3 Å². The Bertz CT molecular complexity index is 1500. The molecule has 0 radical (unpaired) electrons. The number of aryl methyl sites for hydroxylation is 1. The molecule has 1 spiro atoms. The number of hydrogen-bond donors (Lipinski definition) is 2. The third kappa shape index (κ3) is 7.54. The predicted octanol–water partition coefficient (Wildman–Crippen LogP) is 5.30. The number of anilines is 3. The lowest BCUT2D eigenvalue weighted by atomic mass is 9.79. The number of methoxy groups -OCH3 is 1. The molecule has 5 rings (SSSR count). The molecular weight excluding hydrogens is 609 g/mol. The molecule has 0 bridgehead atoms. The fourth-order valence-corrected chi connectivity index (χ4v) is 8.03. The SMILES string of the molecule is COc1cc(NC(=O)C2CCN(C)CC2)ccc1Nc1ncc(C(F)(F)F)c(CC[C@@H]2C[C@@]23CCCC[C@H]3N(C)S(C)(=O)=O)n1. The van der Waals surface area contributed by atoms with Gasteiger partial charge in [0.25, 0.3) is 0 Å². The van der Waals surface area contributed by atoms with Gasteiger partial charge in [0.2, 0.25) is 21.9 Å². The highest BCUT2D eigenvalue weighted by Gasteiger charge is 2.60. The lowest BCUT2D eigenvalue weighted by Gasteiger charge is -2.38. The van der Waals surface area contributed by atoms with E-state index < -0.39 is 21.8 Å². The van der Waals surface area contributed by atoms with E-state index in [1.807, 2.05) is 7.05 Å². The molecular formula is C31H43F3N6O4S. The highest BCUT2D eigenvalue weighted by atomic mass is 32.2. The van der Waals surface area contributed by atoms with E-state index in [1.165, 1.54) is 17.7 Å². The van der Waals surface area contributed by atoms with Gasteiger partial charge in [-0.3, -0.25) is 4.79 Å². The zero-order valence-electron chi connectivity index (χ0n) is 26.3. The summed E-state index contributed by atoms with van der Waals surface area (Å²) in [5, 5.41) is 5.93. The number of sulfonamides is 1. The second-order valence-electron chi connectivity index (χ2n) is 12.9. The summed E-state index contributed by atoms with van der Waals surface area (Å²) < 4.78 is 73.5. The molecule has 2 saturated carbocycles. The molecule has 45 heavy (non-hydrogen) atoms. The summed E-state index contributed by atoms with van der Waals surface area (Å²) in [5.41, 5.74) is -0.186. The second-order valence-corrected chi connectivity index (χ2v) is 14.9. The van der Waals surface area contributed by atoms with Gasteiger partial charge in [0.15, 0.2) is 0 Å². The smallest absolute Gasteiger partial charge is 0.419 e. The minimum absolute atomic E-state index is 0.00252. The van der Waals surface area contributed by atoms with E-state index in [1.54, 1.807) is 25.2 Å². The molecule has 1 saturated heterocycles. The van der Waals surface area contributed by atoms with Crippen molar-refractivity contribution in [3.63, 3.8) is 0 Å². The van der Waals surface area contributed by atoms with E-state index in [0.717, 1.165) is 64.2 Å². The first kappa shape index (κ1) is 33.4. The number of ether oxygens (including phenoxy) is 1. The van der Waals surface area contributed by atoms with Gasteiger partial charge in [-0.2, -0.15) is 13.2 Å². The Labute approximate surface area is 263 Å². The average Bonchev–Trinajstić information content (AvgIpc) is 3.67. The quantitative estimate of drug-likeness (QED) is 0.355. The van der Waals surface area contributed by atoms with Crippen LogP contribution >= 0.6 is 0 Å². The Hall–Kier alpha value is -2.97. The fourth-order valence-electron chi connectivity index (χ4n) is 7.25. The normalized spacial score (nSPS) is 24.5. The first-order valence-corrected chi connectivity index (χ1v) is 17.4. The molecule has 3 fully saturated rings. The van der Waals surface area contributed by atoms with Crippen LogP contribution in [-0.4, -0.2) is 80.1 Å².